The van der Waals surface area contributed by atoms with Gasteiger partial charge in [-0.1, -0.05) is 6.92 Å². The van der Waals surface area contributed by atoms with Crippen molar-refractivity contribution in [3.05, 3.63) is 11.8 Å². The van der Waals surface area contributed by atoms with Gasteiger partial charge in [0.05, 0.1) is 12.9 Å². The molecule has 0 aromatic rings. The maximum Gasteiger partial charge on any atom is 0.0867 e. The van der Waals surface area contributed by atoms with Crippen LogP contribution in [0.4, 0.5) is 0 Å². The smallest absolute Gasteiger partial charge is 0.0867 e. The molecule has 2 nitrogen and oxygen atoms in total. The predicted octanol–water partition coefficient (Wildman–Crippen LogP) is 0.912. The first-order valence-electron chi connectivity index (χ1n) is 2.85. The van der Waals surface area contributed by atoms with E-state index in [1.54, 1.807) is 6.34 Å². The molecule has 0 aliphatic carbocycles. The highest BCUT2D eigenvalue weighted by Crippen LogP contribution is 2.00. The van der Waals surface area contributed by atoms with Crippen molar-refractivity contribution in [1.29, 1.82) is 0 Å². The number of hydrogen-bond donors (Lipinski definition) is 1. The Morgan fingerprint density at radius 2 is 2.75 bits per heavy atom. The molecule has 0 amide bonds. The topological polar surface area (TPSA) is 24.4 Å². The van der Waals surface area contributed by atoms with Crippen molar-refractivity contribution in [3.63, 3.8) is 0 Å². The Morgan fingerprint density at radius 1 is 1.88 bits per heavy atom. The molecule has 1 aliphatic heterocycles. The molecule has 0 saturated heterocycles. The standard InChI is InChI=1S/C6H10N2/c1-2-6-3-7-5-8-4-6/h3,5H,2,4H2,1H3,(H,7,8). The Morgan fingerprint density at radius 3 is 3.12 bits per heavy atom. The lowest BCUT2D eigenvalue weighted by Crippen LogP contribution is -2.09. The molecule has 0 unspecified atom stereocenters. The summed E-state index contributed by atoms with van der Waals surface area (Å²) in [4.78, 5) is 4.02. The molecular weight excluding hydrogens is 100 g/mol. The minimum absolute atomic E-state index is 0.878. The minimum atomic E-state index is 0.878. The van der Waals surface area contributed by atoms with E-state index in [0.29, 0.717) is 0 Å². The Bertz CT molecular complexity index is 124. The lowest BCUT2D eigenvalue weighted by atomic mass is 10.2. The van der Waals surface area contributed by atoms with Gasteiger partial charge in [0, 0.05) is 6.20 Å². The Labute approximate surface area is 49.3 Å². The molecule has 0 atom stereocenters. The SMILES string of the molecule is CCC1=CNC=NC1. The highest BCUT2D eigenvalue weighted by Gasteiger charge is 1.92. The van der Waals surface area contributed by atoms with Gasteiger partial charge in [-0.05, 0) is 12.0 Å². The molecule has 1 N–H and O–H groups in total. The average molecular weight is 110 g/mol. The van der Waals surface area contributed by atoms with Crippen molar-refractivity contribution < 1.29 is 0 Å². The summed E-state index contributed by atoms with van der Waals surface area (Å²) in [6.07, 6.45) is 4.83. The van der Waals surface area contributed by atoms with Crippen molar-refractivity contribution in [1.82, 2.24) is 5.32 Å². The van der Waals surface area contributed by atoms with Gasteiger partial charge in [0.15, 0.2) is 0 Å². The second-order valence-corrected chi connectivity index (χ2v) is 1.79. The van der Waals surface area contributed by atoms with Gasteiger partial charge in [0.1, 0.15) is 0 Å². The fourth-order valence-electron chi connectivity index (χ4n) is 0.630. The third-order valence-corrected chi connectivity index (χ3v) is 1.20. The van der Waals surface area contributed by atoms with E-state index >= 15 is 0 Å². The van der Waals surface area contributed by atoms with Crippen LogP contribution in [0.25, 0.3) is 0 Å². The van der Waals surface area contributed by atoms with Crippen molar-refractivity contribution in [3.8, 4) is 0 Å². The van der Waals surface area contributed by atoms with Crippen LogP contribution in [-0.4, -0.2) is 12.9 Å². The number of nitrogens with zero attached hydrogens (tertiary/aromatic N) is 1. The Balaban J connectivity index is 2.43. The lowest BCUT2D eigenvalue weighted by Gasteiger charge is -2.04. The van der Waals surface area contributed by atoms with Crippen LogP contribution in [-0.2, 0) is 0 Å². The molecule has 0 aromatic carbocycles. The van der Waals surface area contributed by atoms with Crippen LogP contribution in [0.15, 0.2) is 16.8 Å². The van der Waals surface area contributed by atoms with Crippen molar-refractivity contribution >= 4 is 6.34 Å². The van der Waals surface area contributed by atoms with Crippen molar-refractivity contribution in [2.24, 2.45) is 4.99 Å². The van der Waals surface area contributed by atoms with Crippen molar-refractivity contribution in [2.75, 3.05) is 6.54 Å². The first-order chi connectivity index (χ1) is 3.93. The highest BCUT2D eigenvalue weighted by molar-refractivity contribution is 5.57. The molecule has 0 aromatic heterocycles. The summed E-state index contributed by atoms with van der Waals surface area (Å²) in [5.74, 6) is 0. The monoisotopic (exact) mass is 110 g/mol. The second kappa shape index (κ2) is 2.50. The highest BCUT2D eigenvalue weighted by atomic mass is 14.9. The molecule has 8 heavy (non-hydrogen) atoms. The summed E-state index contributed by atoms with van der Waals surface area (Å²) < 4.78 is 0. The summed E-state index contributed by atoms with van der Waals surface area (Å²) >= 11 is 0. The number of hydrogen-bond acceptors (Lipinski definition) is 2. The van der Waals surface area contributed by atoms with Crippen LogP contribution in [0.3, 0.4) is 0 Å². The van der Waals surface area contributed by atoms with Gasteiger partial charge in [-0.2, -0.15) is 0 Å². The van der Waals surface area contributed by atoms with Crippen molar-refractivity contribution in [2.45, 2.75) is 13.3 Å². The number of aliphatic imine (C=N–C) groups is 1. The summed E-state index contributed by atoms with van der Waals surface area (Å²) in [7, 11) is 0. The average Bonchev–Trinajstić information content (AvgIpc) is 1.90. The first kappa shape index (κ1) is 5.35. The fourth-order valence-corrected chi connectivity index (χ4v) is 0.630. The van der Waals surface area contributed by atoms with Crippen LogP contribution < -0.4 is 5.32 Å². The molecular formula is C6H10N2. The zero-order valence-corrected chi connectivity index (χ0v) is 5.02. The summed E-state index contributed by atoms with van der Waals surface area (Å²) in [5.41, 5.74) is 1.37. The molecule has 1 aliphatic rings. The maximum absolute atomic E-state index is 4.02. The van der Waals surface area contributed by atoms with Crippen LogP contribution in [0.2, 0.25) is 0 Å². The lowest BCUT2D eigenvalue weighted by molar-refractivity contribution is 0.959. The second-order valence-electron chi connectivity index (χ2n) is 1.79. The van der Waals surface area contributed by atoms with E-state index in [2.05, 4.69) is 17.2 Å². The maximum atomic E-state index is 4.02. The van der Waals surface area contributed by atoms with Gasteiger partial charge in [0.2, 0.25) is 0 Å². The summed E-state index contributed by atoms with van der Waals surface area (Å²) in [6, 6.07) is 0. The Kier molecular flexibility index (Phi) is 1.67. The Hall–Kier alpha value is -0.790. The molecule has 0 fully saturated rings. The minimum Gasteiger partial charge on any atom is -0.353 e. The number of rotatable bonds is 1. The van der Waals surface area contributed by atoms with Gasteiger partial charge in [-0.3, -0.25) is 4.99 Å². The molecule has 0 saturated carbocycles. The molecule has 44 valence electrons. The quantitative estimate of drug-likeness (QED) is 0.533. The molecule has 2 heteroatoms. The van der Waals surface area contributed by atoms with E-state index in [-0.39, 0.29) is 0 Å². The van der Waals surface area contributed by atoms with Crippen LogP contribution in [0, 0.1) is 0 Å². The third kappa shape index (κ3) is 1.09. The van der Waals surface area contributed by atoms with Gasteiger partial charge < -0.3 is 5.32 Å². The number of nitrogens with one attached hydrogen (secondary N) is 1. The largest absolute Gasteiger partial charge is 0.353 e. The van der Waals surface area contributed by atoms with E-state index in [4.69, 9.17) is 0 Å². The summed E-state index contributed by atoms with van der Waals surface area (Å²) in [5, 5.41) is 2.93. The molecule has 0 bridgehead atoms. The van der Waals surface area contributed by atoms with E-state index in [1.807, 2.05) is 6.20 Å². The van der Waals surface area contributed by atoms with Crippen LogP contribution in [0.5, 0.6) is 0 Å². The first-order valence-corrected chi connectivity index (χ1v) is 2.85. The molecule has 0 radical (unpaired) electrons. The predicted molar refractivity (Wildman–Crippen MR) is 34.9 cm³/mol. The fraction of sp³-hybridized carbons (Fsp3) is 0.500. The van der Waals surface area contributed by atoms with Gasteiger partial charge in [-0.25, -0.2) is 0 Å². The van der Waals surface area contributed by atoms with Gasteiger partial charge >= 0.3 is 0 Å². The zero-order valence-electron chi connectivity index (χ0n) is 5.02. The third-order valence-electron chi connectivity index (χ3n) is 1.20. The molecule has 1 rings (SSSR count). The van der Waals surface area contributed by atoms with E-state index in [9.17, 15) is 0 Å². The zero-order chi connectivity index (χ0) is 5.82. The normalized spacial score (nSPS) is 17.4. The van der Waals surface area contributed by atoms with E-state index in [0.717, 1.165) is 13.0 Å². The molecule has 1 heterocycles. The summed E-state index contributed by atoms with van der Waals surface area (Å²) in [6.45, 7) is 3.01. The van der Waals surface area contributed by atoms with Gasteiger partial charge in [0.25, 0.3) is 0 Å². The van der Waals surface area contributed by atoms with Crippen LogP contribution in [0.1, 0.15) is 13.3 Å². The van der Waals surface area contributed by atoms with E-state index in [1.165, 1.54) is 5.57 Å². The molecule has 0 spiro atoms. The van der Waals surface area contributed by atoms with E-state index < -0.39 is 0 Å². The van der Waals surface area contributed by atoms with Gasteiger partial charge in [-0.15, -0.1) is 0 Å². The van der Waals surface area contributed by atoms with Crippen LogP contribution >= 0.6 is 0 Å².